The molecular weight excluding hydrogens is 306 g/mol. The number of aryl methyl sites for hydroxylation is 1. The molecule has 0 aliphatic rings. The maximum atomic E-state index is 11.5. The SMILES string of the molecule is COc1ccc([C@@H](O)C[C@@H](NCc2ccccc2)C(=O)O)cc1C. The number of carboxylic acids is 1. The van der Waals surface area contributed by atoms with Gasteiger partial charge in [0.15, 0.2) is 0 Å². The predicted octanol–water partition coefficient (Wildman–Crippen LogP) is 2.67. The number of carbonyl (C=O) groups is 1. The first-order chi connectivity index (χ1) is 11.5. The molecule has 0 fully saturated rings. The van der Waals surface area contributed by atoms with E-state index in [9.17, 15) is 15.0 Å². The molecule has 0 aromatic heterocycles. The summed E-state index contributed by atoms with van der Waals surface area (Å²) in [5.74, 6) is -0.238. The van der Waals surface area contributed by atoms with E-state index in [2.05, 4.69) is 5.32 Å². The molecule has 3 N–H and O–H groups in total. The van der Waals surface area contributed by atoms with Crippen molar-refractivity contribution in [1.29, 1.82) is 0 Å². The van der Waals surface area contributed by atoms with E-state index >= 15 is 0 Å². The van der Waals surface area contributed by atoms with Gasteiger partial charge in [0, 0.05) is 13.0 Å². The second kappa shape index (κ2) is 8.47. The van der Waals surface area contributed by atoms with E-state index in [-0.39, 0.29) is 6.42 Å². The molecule has 0 spiro atoms. The smallest absolute Gasteiger partial charge is 0.320 e. The monoisotopic (exact) mass is 329 g/mol. The van der Waals surface area contributed by atoms with Crippen molar-refractivity contribution in [1.82, 2.24) is 5.32 Å². The second-order valence-electron chi connectivity index (χ2n) is 5.74. The number of rotatable bonds is 8. The molecule has 0 saturated carbocycles. The van der Waals surface area contributed by atoms with Crippen LogP contribution in [0, 0.1) is 6.92 Å². The van der Waals surface area contributed by atoms with E-state index in [0.717, 1.165) is 16.9 Å². The molecule has 0 amide bonds. The third kappa shape index (κ3) is 4.81. The van der Waals surface area contributed by atoms with Crippen LogP contribution in [-0.2, 0) is 11.3 Å². The molecular formula is C19H23NO4. The minimum absolute atomic E-state index is 0.0912. The summed E-state index contributed by atoms with van der Waals surface area (Å²) >= 11 is 0. The number of ether oxygens (including phenoxy) is 1. The average Bonchev–Trinajstić information content (AvgIpc) is 2.58. The number of benzene rings is 2. The number of nitrogens with one attached hydrogen (secondary N) is 1. The molecule has 2 aromatic carbocycles. The van der Waals surface area contributed by atoms with Crippen LogP contribution in [0.2, 0.25) is 0 Å². The summed E-state index contributed by atoms with van der Waals surface area (Å²) in [6, 6.07) is 14.1. The van der Waals surface area contributed by atoms with Crippen LogP contribution in [-0.4, -0.2) is 29.3 Å². The van der Waals surface area contributed by atoms with E-state index in [1.165, 1.54) is 0 Å². The zero-order chi connectivity index (χ0) is 17.5. The van der Waals surface area contributed by atoms with Crippen LogP contribution in [0.4, 0.5) is 0 Å². The van der Waals surface area contributed by atoms with Crippen LogP contribution < -0.4 is 10.1 Å². The molecule has 0 heterocycles. The van der Waals surface area contributed by atoms with E-state index in [1.807, 2.05) is 43.3 Å². The Balaban J connectivity index is 2.01. The maximum Gasteiger partial charge on any atom is 0.320 e. The lowest BCUT2D eigenvalue weighted by Crippen LogP contribution is -2.37. The highest BCUT2D eigenvalue weighted by Gasteiger charge is 2.22. The number of hydrogen-bond acceptors (Lipinski definition) is 4. The summed E-state index contributed by atoms with van der Waals surface area (Å²) in [6.45, 7) is 2.32. The maximum absolute atomic E-state index is 11.5. The Bertz CT molecular complexity index is 672. The largest absolute Gasteiger partial charge is 0.496 e. The van der Waals surface area contributed by atoms with Crippen molar-refractivity contribution in [2.45, 2.75) is 32.0 Å². The van der Waals surface area contributed by atoms with E-state index in [1.54, 1.807) is 19.2 Å². The number of aliphatic carboxylic acids is 1. The van der Waals surface area contributed by atoms with Crippen LogP contribution in [0.25, 0.3) is 0 Å². The normalized spacial score (nSPS) is 13.3. The number of aliphatic hydroxyl groups is 1. The van der Waals surface area contributed by atoms with Crippen molar-refractivity contribution < 1.29 is 19.7 Å². The van der Waals surface area contributed by atoms with Crippen LogP contribution in [0.1, 0.15) is 29.2 Å². The van der Waals surface area contributed by atoms with Gasteiger partial charge in [0.05, 0.1) is 13.2 Å². The average molecular weight is 329 g/mol. The molecule has 0 bridgehead atoms. The number of methoxy groups -OCH3 is 1. The third-order valence-corrected chi connectivity index (χ3v) is 3.96. The summed E-state index contributed by atoms with van der Waals surface area (Å²) in [5.41, 5.74) is 2.58. The van der Waals surface area contributed by atoms with Gasteiger partial charge in [-0.1, -0.05) is 36.4 Å². The second-order valence-corrected chi connectivity index (χ2v) is 5.74. The zero-order valence-electron chi connectivity index (χ0n) is 13.9. The highest BCUT2D eigenvalue weighted by Crippen LogP contribution is 2.25. The fourth-order valence-corrected chi connectivity index (χ4v) is 2.58. The van der Waals surface area contributed by atoms with Crippen LogP contribution in [0.15, 0.2) is 48.5 Å². The van der Waals surface area contributed by atoms with Gasteiger partial charge in [0.1, 0.15) is 11.8 Å². The fraction of sp³-hybridized carbons (Fsp3) is 0.316. The summed E-state index contributed by atoms with van der Waals surface area (Å²) in [7, 11) is 1.59. The van der Waals surface area contributed by atoms with Crippen molar-refractivity contribution in [2.75, 3.05) is 7.11 Å². The molecule has 0 aliphatic heterocycles. The molecule has 2 atom stereocenters. The van der Waals surface area contributed by atoms with Gasteiger partial charge in [-0.25, -0.2) is 0 Å². The molecule has 5 heteroatoms. The first kappa shape index (κ1) is 18.0. The lowest BCUT2D eigenvalue weighted by molar-refractivity contribution is -0.140. The minimum Gasteiger partial charge on any atom is -0.496 e. The number of carboxylic acid groups (broad SMARTS) is 1. The first-order valence-electron chi connectivity index (χ1n) is 7.84. The van der Waals surface area contributed by atoms with Crippen molar-refractivity contribution in [3.05, 3.63) is 65.2 Å². The van der Waals surface area contributed by atoms with Crippen molar-refractivity contribution in [2.24, 2.45) is 0 Å². The van der Waals surface area contributed by atoms with Gasteiger partial charge in [-0.05, 0) is 35.7 Å². The minimum atomic E-state index is -0.977. The summed E-state index contributed by atoms with van der Waals surface area (Å²) in [6.07, 6.45) is -0.771. The van der Waals surface area contributed by atoms with Crippen LogP contribution in [0.5, 0.6) is 5.75 Å². The molecule has 24 heavy (non-hydrogen) atoms. The molecule has 0 radical (unpaired) electrons. The van der Waals surface area contributed by atoms with Gasteiger partial charge < -0.3 is 20.3 Å². The van der Waals surface area contributed by atoms with E-state index in [4.69, 9.17) is 4.74 Å². The lowest BCUT2D eigenvalue weighted by Gasteiger charge is -2.19. The lowest BCUT2D eigenvalue weighted by atomic mass is 9.99. The van der Waals surface area contributed by atoms with Crippen molar-refractivity contribution >= 4 is 5.97 Å². The van der Waals surface area contributed by atoms with Gasteiger partial charge >= 0.3 is 5.97 Å². The van der Waals surface area contributed by atoms with E-state index in [0.29, 0.717) is 12.1 Å². The Hall–Kier alpha value is -2.37. The Labute approximate surface area is 141 Å². The predicted molar refractivity (Wildman–Crippen MR) is 92.0 cm³/mol. The molecule has 2 rings (SSSR count). The van der Waals surface area contributed by atoms with Crippen molar-refractivity contribution in [3.63, 3.8) is 0 Å². The summed E-state index contributed by atoms with van der Waals surface area (Å²) < 4.78 is 5.20. The number of aliphatic hydroxyl groups excluding tert-OH is 1. The van der Waals surface area contributed by atoms with Crippen LogP contribution >= 0.6 is 0 Å². The van der Waals surface area contributed by atoms with Crippen LogP contribution in [0.3, 0.4) is 0 Å². The van der Waals surface area contributed by atoms with Crippen molar-refractivity contribution in [3.8, 4) is 5.75 Å². The summed E-state index contributed by atoms with van der Waals surface area (Å²) in [5, 5.41) is 22.8. The zero-order valence-corrected chi connectivity index (χ0v) is 13.9. The van der Waals surface area contributed by atoms with Gasteiger partial charge in [-0.3, -0.25) is 4.79 Å². The van der Waals surface area contributed by atoms with Gasteiger partial charge in [-0.2, -0.15) is 0 Å². The third-order valence-electron chi connectivity index (χ3n) is 3.96. The number of hydrogen-bond donors (Lipinski definition) is 3. The molecule has 2 aromatic rings. The Morgan fingerprint density at radius 1 is 1.21 bits per heavy atom. The molecule has 0 unspecified atom stereocenters. The Morgan fingerprint density at radius 3 is 2.50 bits per heavy atom. The molecule has 0 aliphatic carbocycles. The van der Waals surface area contributed by atoms with E-state index < -0.39 is 18.1 Å². The summed E-state index contributed by atoms with van der Waals surface area (Å²) in [4.78, 5) is 11.5. The highest BCUT2D eigenvalue weighted by molar-refractivity contribution is 5.73. The molecule has 0 saturated heterocycles. The fourth-order valence-electron chi connectivity index (χ4n) is 2.58. The Kier molecular flexibility index (Phi) is 6.35. The van der Waals surface area contributed by atoms with Gasteiger partial charge in [0.25, 0.3) is 0 Å². The quantitative estimate of drug-likeness (QED) is 0.694. The topological polar surface area (TPSA) is 78.8 Å². The highest BCUT2D eigenvalue weighted by atomic mass is 16.5. The van der Waals surface area contributed by atoms with Gasteiger partial charge in [-0.15, -0.1) is 0 Å². The molecule has 128 valence electrons. The molecule has 5 nitrogen and oxygen atoms in total. The first-order valence-corrected chi connectivity index (χ1v) is 7.84. The standard InChI is InChI=1S/C19H23NO4/c1-13-10-15(8-9-18(13)24-2)17(21)11-16(19(22)23)20-12-14-6-4-3-5-7-14/h3-10,16-17,20-21H,11-12H2,1-2H3,(H,22,23)/t16-,17+/m1/s1. The Morgan fingerprint density at radius 2 is 1.92 bits per heavy atom. The van der Waals surface area contributed by atoms with Gasteiger partial charge in [0.2, 0.25) is 0 Å².